The number of benzene rings is 2. The minimum Gasteiger partial charge on any atom is -0.454 e. The van der Waals surface area contributed by atoms with Crippen LogP contribution in [-0.4, -0.2) is 15.2 Å². The van der Waals surface area contributed by atoms with Gasteiger partial charge in [0.25, 0.3) is 10.0 Å². The number of rotatable bonds is 3. The molecule has 1 aliphatic heterocycles. The van der Waals surface area contributed by atoms with Gasteiger partial charge in [-0.3, -0.25) is 4.72 Å². The van der Waals surface area contributed by atoms with Crippen LogP contribution < -0.4 is 14.2 Å². The summed E-state index contributed by atoms with van der Waals surface area (Å²) in [7, 11) is -3.87. The Bertz CT molecular complexity index is 793. The predicted molar refractivity (Wildman–Crippen MR) is 74.8 cm³/mol. The van der Waals surface area contributed by atoms with Crippen LogP contribution in [-0.2, 0) is 10.0 Å². The molecule has 110 valence electrons. The SMILES string of the molecule is O=S(=O)(Nc1cc2c(cc1Cl)OCO2)c1ccc(F)cc1. The quantitative estimate of drug-likeness (QED) is 0.940. The van der Waals surface area contributed by atoms with Crippen molar-refractivity contribution in [1.82, 2.24) is 0 Å². The summed E-state index contributed by atoms with van der Waals surface area (Å²) < 4.78 is 49.9. The van der Waals surface area contributed by atoms with Crippen LogP contribution in [0.4, 0.5) is 10.1 Å². The summed E-state index contributed by atoms with van der Waals surface area (Å²) in [5.74, 6) is 0.330. The lowest BCUT2D eigenvalue weighted by molar-refractivity contribution is 0.174. The Kier molecular flexibility index (Phi) is 3.38. The van der Waals surface area contributed by atoms with Crippen molar-refractivity contribution in [3.05, 3.63) is 47.2 Å². The second-order valence-corrected chi connectivity index (χ2v) is 6.33. The molecule has 2 aromatic carbocycles. The van der Waals surface area contributed by atoms with E-state index in [1.54, 1.807) is 0 Å². The maximum absolute atomic E-state index is 12.8. The van der Waals surface area contributed by atoms with E-state index in [1.807, 2.05) is 0 Å². The lowest BCUT2D eigenvalue weighted by Gasteiger charge is -2.10. The molecule has 0 bridgehead atoms. The fraction of sp³-hybridized carbons (Fsp3) is 0.0769. The highest BCUT2D eigenvalue weighted by atomic mass is 35.5. The monoisotopic (exact) mass is 329 g/mol. The van der Waals surface area contributed by atoms with Crippen LogP contribution in [0.3, 0.4) is 0 Å². The summed E-state index contributed by atoms with van der Waals surface area (Å²) in [6.07, 6.45) is 0. The van der Waals surface area contributed by atoms with Gasteiger partial charge in [0.05, 0.1) is 15.6 Å². The fourth-order valence-corrected chi connectivity index (χ4v) is 3.14. The third-order valence-electron chi connectivity index (χ3n) is 2.83. The van der Waals surface area contributed by atoms with Gasteiger partial charge in [-0.1, -0.05) is 11.6 Å². The standard InChI is InChI=1S/C13H9ClFNO4S/c14-10-5-12-13(20-7-19-12)6-11(10)16-21(17,18)9-3-1-8(15)2-4-9/h1-6,16H,7H2. The smallest absolute Gasteiger partial charge is 0.261 e. The minimum absolute atomic E-state index is 0.0554. The average Bonchev–Trinajstić information content (AvgIpc) is 2.86. The van der Waals surface area contributed by atoms with Crippen molar-refractivity contribution in [2.75, 3.05) is 11.5 Å². The highest BCUT2D eigenvalue weighted by Crippen LogP contribution is 2.39. The van der Waals surface area contributed by atoms with E-state index in [9.17, 15) is 12.8 Å². The molecule has 0 amide bonds. The van der Waals surface area contributed by atoms with Crippen LogP contribution in [0.2, 0.25) is 5.02 Å². The van der Waals surface area contributed by atoms with Crippen molar-refractivity contribution in [2.45, 2.75) is 4.90 Å². The van der Waals surface area contributed by atoms with Crippen LogP contribution in [0.5, 0.6) is 11.5 Å². The molecule has 0 radical (unpaired) electrons. The first kappa shape index (κ1) is 14.0. The van der Waals surface area contributed by atoms with E-state index in [2.05, 4.69) is 4.72 Å². The molecule has 2 aromatic rings. The number of ether oxygens (including phenoxy) is 2. The van der Waals surface area contributed by atoms with Gasteiger partial charge in [0.15, 0.2) is 11.5 Å². The first-order chi connectivity index (χ1) is 9.95. The van der Waals surface area contributed by atoms with E-state index < -0.39 is 15.8 Å². The summed E-state index contributed by atoms with van der Waals surface area (Å²) in [4.78, 5) is -0.0716. The van der Waals surface area contributed by atoms with Crippen LogP contribution in [0, 0.1) is 5.82 Å². The molecular formula is C13H9ClFNO4S. The van der Waals surface area contributed by atoms with Gasteiger partial charge in [-0.25, -0.2) is 12.8 Å². The second kappa shape index (κ2) is 5.09. The van der Waals surface area contributed by atoms with Crippen molar-refractivity contribution in [2.24, 2.45) is 0 Å². The Balaban J connectivity index is 1.94. The number of anilines is 1. The Morgan fingerprint density at radius 2 is 1.71 bits per heavy atom. The van der Waals surface area contributed by atoms with E-state index in [-0.39, 0.29) is 22.4 Å². The summed E-state index contributed by atoms with van der Waals surface area (Å²) in [5, 5.41) is 0.171. The van der Waals surface area contributed by atoms with Gasteiger partial charge >= 0.3 is 0 Å². The number of hydrogen-bond acceptors (Lipinski definition) is 4. The molecule has 1 heterocycles. The molecule has 0 spiro atoms. The first-order valence-electron chi connectivity index (χ1n) is 5.83. The zero-order valence-electron chi connectivity index (χ0n) is 10.5. The minimum atomic E-state index is -3.87. The van der Waals surface area contributed by atoms with Crippen molar-refractivity contribution in [3.8, 4) is 11.5 Å². The third-order valence-corrected chi connectivity index (χ3v) is 4.52. The molecule has 8 heteroatoms. The summed E-state index contributed by atoms with van der Waals surface area (Å²) in [6, 6.07) is 7.36. The topological polar surface area (TPSA) is 64.6 Å². The summed E-state index contributed by atoms with van der Waals surface area (Å²) >= 11 is 6.00. The number of hydrogen-bond donors (Lipinski definition) is 1. The second-order valence-electron chi connectivity index (χ2n) is 4.24. The molecule has 0 aromatic heterocycles. The highest BCUT2D eigenvalue weighted by molar-refractivity contribution is 7.92. The molecule has 1 aliphatic rings. The Hall–Kier alpha value is -1.99. The molecule has 5 nitrogen and oxygen atoms in total. The summed E-state index contributed by atoms with van der Waals surface area (Å²) in [6.45, 7) is 0.0554. The highest BCUT2D eigenvalue weighted by Gasteiger charge is 2.20. The van der Waals surface area contributed by atoms with Crippen molar-refractivity contribution < 1.29 is 22.3 Å². The molecule has 0 unspecified atom stereocenters. The van der Waals surface area contributed by atoms with Gasteiger partial charge in [-0.2, -0.15) is 0 Å². The normalized spacial score (nSPS) is 13.2. The van der Waals surface area contributed by atoms with E-state index in [0.717, 1.165) is 12.1 Å². The van der Waals surface area contributed by atoms with Crippen molar-refractivity contribution >= 4 is 27.3 Å². The number of sulfonamides is 1. The fourth-order valence-electron chi connectivity index (χ4n) is 1.81. The lowest BCUT2D eigenvalue weighted by atomic mass is 10.3. The molecule has 0 fully saturated rings. The maximum atomic E-state index is 12.8. The van der Waals surface area contributed by atoms with Gasteiger partial charge in [0, 0.05) is 12.1 Å². The first-order valence-corrected chi connectivity index (χ1v) is 7.69. The number of nitrogens with one attached hydrogen (secondary N) is 1. The summed E-state index contributed by atoms with van der Waals surface area (Å²) in [5.41, 5.74) is 0.158. The molecule has 0 aliphatic carbocycles. The largest absolute Gasteiger partial charge is 0.454 e. The zero-order chi connectivity index (χ0) is 15.0. The van der Waals surface area contributed by atoms with E-state index >= 15 is 0 Å². The molecule has 21 heavy (non-hydrogen) atoms. The van der Waals surface area contributed by atoms with Gasteiger partial charge in [-0.15, -0.1) is 0 Å². The van der Waals surface area contributed by atoms with Crippen LogP contribution in [0.1, 0.15) is 0 Å². The van der Waals surface area contributed by atoms with Crippen LogP contribution >= 0.6 is 11.6 Å². The molecular weight excluding hydrogens is 321 g/mol. The molecule has 1 N–H and O–H groups in total. The number of fused-ring (bicyclic) bond motifs is 1. The van der Waals surface area contributed by atoms with Gasteiger partial charge in [0.2, 0.25) is 6.79 Å². The van der Waals surface area contributed by atoms with Gasteiger partial charge < -0.3 is 9.47 Å². The van der Waals surface area contributed by atoms with Crippen LogP contribution in [0.25, 0.3) is 0 Å². The lowest BCUT2D eigenvalue weighted by Crippen LogP contribution is -2.13. The average molecular weight is 330 g/mol. The van der Waals surface area contributed by atoms with Crippen molar-refractivity contribution in [1.29, 1.82) is 0 Å². The van der Waals surface area contributed by atoms with E-state index in [1.165, 1.54) is 24.3 Å². The van der Waals surface area contributed by atoms with Crippen LogP contribution in [0.15, 0.2) is 41.3 Å². The Labute approximate surface area is 125 Å². The Morgan fingerprint density at radius 1 is 1.10 bits per heavy atom. The Morgan fingerprint density at radius 3 is 2.38 bits per heavy atom. The van der Waals surface area contributed by atoms with E-state index in [4.69, 9.17) is 21.1 Å². The van der Waals surface area contributed by atoms with Gasteiger partial charge in [0.1, 0.15) is 5.82 Å². The predicted octanol–water partition coefficient (Wildman–Crippen LogP) is 3.01. The molecule has 0 saturated heterocycles. The molecule has 0 atom stereocenters. The third kappa shape index (κ3) is 2.74. The van der Waals surface area contributed by atoms with E-state index in [0.29, 0.717) is 11.5 Å². The van der Waals surface area contributed by atoms with Gasteiger partial charge in [-0.05, 0) is 24.3 Å². The van der Waals surface area contributed by atoms with Crippen molar-refractivity contribution in [3.63, 3.8) is 0 Å². The molecule has 3 rings (SSSR count). The molecule has 0 saturated carbocycles. The maximum Gasteiger partial charge on any atom is 0.261 e. The zero-order valence-corrected chi connectivity index (χ0v) is 12.0. The number of halogens is 2.